The molecule has 5 heteroatoms. The fraction of sp³-hybridized carbons (Fsp3) is 0.417. The molecule has 0 aromatic heterocycles. The first-order chi connectivity index (χ1) is 7.91. The second kappa shape index (κ2) is 4.38. The Hall–Kier alpha value is -0.940. The van der Waals surface area contributed by atoms with Crippen LogP contribution in [0.1, 0.15) is 23.7 Å². The second-order valence-corrected chi connectivity index (χ2v) is 5.37. The fourth-order valence-corrected chi connectivity index (χ4v) is 2.39. The second-order valence-electron chi connectivity index (χ2n) is 4.58. The van der Waals surface area contributed by atoms with Crippen LogP contribution in [0.4, 0.5) is 4.39 Å². The summed E-state index contributed by atoms with van der Waals surface area (Å²) >= 11 is 3.07. The van der Waals surface area contributed by atoms with Crippen LogP contribution in [0.25, 0.3) is 0 Å². The molecule has 92 valence electrons. The van der Waals surface area contributed by atoms with E-state index in [1.807, 2.05) is 0 Å². The number of hydrogen-bond acceptors (Lipinski definition) is 2. The van der Waals surface area contributed by atoms with Crippen molar-refractivity contribution in [1.29, 1.82) is 0 Å². The van der Waals surface area contributed by atoms with Gasteiger partial charge in [-0.3, -0.25) is 4.79 Å². The van der Waals surface area contributed by atoms with Gasteiger partial charge in [0.2, 0.25) is 0 Å². The zero-order valence-electron chi connectivity index (χ0n) is 9.41. The van der Waals surface area contributed by atoms with Crippen LogP contribution in [0.2, 0.25) is 0 Å². The summed E-state index contributed by atoms with van der Waals surface area (Å²) in [4.78, 5) is 13.7. The molecular formula is C12H13BrFNO2. The summed E-state index contributed by atoms with van der Waals surface area (Å²) in [7, 11) is 0. The third-order valence-corrected chi connectivity index (χ3v) is 3.73. The Morgan fingerprint density at radius 3 is 2.88 bits per heavy atom. The molecule has 3 nitrogen and oxygen atoms in total. The predicted molar refractivity (Wildman–Crippen MR) is 65.2 cm³/mol. The lowest BCUT2D eigenvalue weighted by atomic mass is 10.1. The molecule has 1 amide bonds. The molecule has 1 atom stereocenters. The number of β-amino-alcohol motifs (C(OH)–C–C–N with tert-alkyl or cyclic N) is 1. The van der Waals surface area contributed by atoms with Gasteiger partial charge in [-0.1, -0.05) is 6.07 Å². The zero-order chi connectivity index (χ0) is 12.6. The average Bonchev–Trinajstić information content (AvgIpc) is 2.62. The van der Waals surface area contributed by atoms with Crippen LogP contribution in [0.15, 0.2) is 22.7 Å². The lowest BCUT2D eigenvalue weighted by Gasteiger charge is -2.19. The van der Waals surface area contributed by atoms with E-state index in [4.69, 9.17) is 0 Å². The Kier molecular flexibility index (Phi) is 3.23. The minimum absolute atomic E-state index is 0.177. The molecule has 1 aromatic rings. The molecule has 1 fully saturated rings. The van der Waals surface area contributed by atoms with Crippen LogP contribution in [0.3, 0.4) is 0 Å². The van der Waals surface area contributed by atoms with Crippen LogP contribution < -0.4 is 0 Å². The van der Waals surface area contributed by atoms with Crippen molar-refractivity contribution in [2.45, 2.75) is 18.9 Å². The van der Waals surface area contributed by atoms with Crippen molar-refractivity contribution >= 4 is 21.8 Å². The fourth-order valence-electron chi connectivity index (χ4n) is 1.96. The van der Waals surface area contributed by atoms with Crippen molar-refractivity contribution in [3.05, 3.63) is 34.1 Å². The van der Waals surface area contributed by atoms with Gasteiger partial charge >= 0.3 is 0 Å². The van der Waals surface area contributed by atoms with E-state index in [9.17, 15) is 14.3 Å². The molecule has 1 aromatic carbocycles. The van der Waals surface area contributed by atoms with Gasteiger partial charge in [-0.25, -0.2) is 4.39 Å². The summed E-state index contributed by atoms with van der Waals surface area (Å²) in [5.41, 5.74) is -0.544. The molecule has 1 N–H and O–H groups in total. The third kappa shape index (κ3) is 2.50. The van der Waals surface area contributed by atoms with Crippen LogP contribution in [-0.4, -0.2) is 34.6 Å². The SMILES string of the molecule is CC1(O)CCN(C(=O)c2cccc(F)c2Br)C1. The number of hydrogen-bond donors (Lipinski definition) is 1. The highest BCUT2D eigenvalue weighted by Gasteiger charge is 2.34. The highest BCUT2D eigenvalue weighted by Crippen LogP contribution is 2.26. The lowest BCUT2D eigenvalue weighted by Crippen LogP contribution is -2.34. The molecule has 0 bridgehead atoms. The maximum Gasteiger partial charge on any atom is 0.255 e. The number of rotatable bonds is 1. The van der Waals surface area contributed by atoms with Crippen molar-refractivity contribution < 1.29 is 14.3 Å². The van der Waals surface area contributed by atoms with E-state index in [1.54, 1.807) is 17.9 Å². The van der Waals surface area contributed by atoms with E-state index < -0.39 is 11.4 Å². The average molecular weight is 302 g/mol. The number of benzene rings is 1. The third-order valence-electron chi connectivity index (χ3n) is 2.92. The van der Waals surface area contributed by atoms with Gasteiger partial charge in [0.05, 0.1) is 15.6 Å². The first-order valence-electron chi connectivity index (χ1n) is 5.36. The molecular weight excluding hydrogens is 289 g/mol. The summed E-state index contributed by atoms with van der Waals surface area (Å²) in [6.45, 7) is 2.48. The van der Waals surface area contributed by atoms with Crippen molar-refractivity contribution in [3.8, 4) is 0 Å². The molecule has 1 saturated heterocycles. The van der Waals surface area contributed by atoms with Crippen LogP contribution in [-0.2, 0) is 0 Å². The molecule has 17 heavy (non-hydrogen) atoms. The number of carbonyl (C=O) groups is 1. The van der Waals surface area contributed by atoms with Gasteiger partial charge in [0, 0.05) is 13.1 Å². The van der Waals surface area contributed by atoms with Gasteiger partial charge in [0.15, 0.2) is 0 Å². The van der Waals surface area contributed by atoms with Gasteiger partial charge < -0.3 is 10.0 Å². The largest absolute Gasteiger partial charge is 0.388 e. The summed E-state index contributed by atoms with van der Waals surface area (Å²) in [6, 6.07) is 4.37. The number of aliphatic hydroxyl groups is 1. The number of halogens is 2. The molecule has 0 radical (unpaired) electrons. The molecule has 1 heterocycles. The standard InChI is InChI=1S/C12H13BrFNO2/c1-12(17)5-6-15(7-12)11(16)8-3-2-4-9(14)10(8)13/h2-4,17H,5-7H2,1H3. The minimum atomic E-state index is -0.838. The Labute approximate surface area is 107 Å². The Morgan fingerprint density at radius 1 is 1.59 bits per heavy atom. The Bertz CT molecular complexity index is 462. The highest BCUT2D eigenvalue weighted by molar-refractivity contribution is 9.10. The van der Waals surface area contributed by atoms with Crippen LogP contribution in [0, 0.1) is 5.82 Å². The van der Waals surface area contributed by atoms with Crippen molar-refractivity contribution in [1.82, 2.24) is 4.90 Å². The van der Waals surface area contributed by atoms with E-state index in [0.29, 0.717) is 18.5 Å². The smallest absolute Gasteiger partial charge is 0.255 e. The summed E-state index contributed by atoms with van der Waals surface area (Å²) in [5.74, 6) is -0.712. The monoisotopic (exact) mass is 301 g/mol. The van der Waals surface area contributed by atoms with E-state index in [2.05, 4.69) is 15.9 Å². The number of nitrogens with zero attached hydrogens (tertiary/aromatic N) is 1. The quantitative estimate of drug-likeness (QED) is 0.864. The first kappa shape index (κ1) is 12.5. The van der Waals surface area contributed by atoms with Gasteiger partial charge in [-0.15, -0.1) is 0 Å². The van der Waals surface area contributed by atoms with Gasteiger partial charge in [0.1, 0.15) is 5.82 Å². The molecule has 1 unspecified atom stereocenters. The summed E-state index contributed by atoms with van der Waals surface area (Å²) in [6.07, 6.45) is 0.547. The van der Waals surface area contributed by atoms with Gasteiger partial charge in [0.25, 0.3) is 5.91 Å². The molecule has 0 spiro atoms. The lowest BCUT2D eigenvalue weighted by molar-refractivity contribution is 0.0571. The molecule has 0 saturated carbocycles. The molecule has 1 aliphatic heterocycles. The molecule has 1 aliphatic rings. The van der Waals surface area contributed by atoms with Crippen molar-refractivity contribution in [2.24, 2.45) is 0 Å². The predicted octanol–water partition coefficient (Wildman–Crippen LogP) is 2.19. The number of amides is 1. The Balaban J connectivity index is 2.24. The van der Waals surface area contributed by atoms with Crippen LogP contribution >= 0.6 is 15.9 Å². The van der Waals surface area contributed by atoms with Crippen molar-refractivity contribution in [3.63, 3.8) is 0 Å². The molecule has 2 rings (SSSR count). The summed E-state index contributed by atoms with van der Waals surface area (Å²) < 4.78 is 13.5. The van der Waals surface area contributed by atoms with E-state index in [1.165, 1.54) is 12.1 Å². The van der Waals surface area contributed by atoms with Crippen LogP contribution in [0.5, 0.6) is 0 Å². The zero-order valence-corrected chi connectivity index (χ0v) is 11.0. The highest BCUT2D eigenvalue weighted by atomic mass is 79.9. The van der Waals surface area contributed by atoms with Gasteiger partial charge in [-0.2, -0.15) is 0 Å². The Morgan fingerprint density at radius 2 is 2.29 bits per heavy atom. The maximum atomic E-state index is 13.3. The number of likely N-dealkylation sites (tertiary alicyclic amines) is 1. The number of carbonyl (C=O) groups excluding carboxylic acids is 1. The van der Waals surface area contributed by atoms with E-state index >= 15 is 0 Å². The minimum Gasteiger partial charge on any atom is -0.388 e. The topological polar surface area (TPSA) is 40.5 Å². The van der Waals surface area contributed by atoms with Gasteiger partial charge in [-0.05, 0) is 41.4 Å². The van der Waals surface area contributed by atoms with E-state index in [-0.39, 0.29) is 16.9 Å². The van der Waals surface area contributed by atoms with E-state index in [0.717, 1.165) is 0 Å². The maximum absolute atomic E-state index is 13.3. The molecule has 0 aliphatic carbocycles. The normalized spacial score (nSPS) is 24.1. The van der Waals surface area contributed by atoms with Crippen molar-refractivity contribution in [2.75, 3.05) is 13.1 Å². The first-order valence-corrected chi connectivity index (χ1v) is 6.16. The summed E-state index contributed by atoms with van der Waals surface area (Å²) in [5, 5.41) is 9.80.